The molecule has 0 saturated carbocycles. The maximum absolute atomic E-state index is 10.6. The SMILES string of the molecule is NCC=O.O=C(O)C(F)(F)F. The van der Waals surface area contributed by atoms with Crippen LogP contribution in [0.3, 0.4) is 0 Å². The molecule has 0 saturated heterocycles. The first-order chi connectivity index (χ1) is 4.86. The van der Waals surface area contributed by atoms with Crippen LogP contribution in [0.25, 0.3) is 0 Å². The summed E-state index contributed by atoms with van der Waals surface area (Å²) in [7, 11) is 0. The zero-order valence-electron chi connectivity index (χ0n) is 5.26. The first-order valence-corrected chi connectivity index (χ1v) is 2.30. The fraction of sp³-hybridized carbons (Fsp3) is 0.500. The van der Waals surface area contributed by atoms with Crippen molar-refractivity contribution in [2.75, 3.05) is 6.54 Å². The van der Waals surface area contributed by atoms with E-state index in [4.69, 9.17) is 14.7 Å². The minimum Gasteiger partial charge on any atom is -0.475 e. The fourth-order valence-corrected chi connectivity index (χ4v) is 0. The van der Waals surface area contributed by atoms with Gasteiger partial charge in [-0.15, -0.1) is 0 Å². The summed E-state index contributed by atoms with van der Waals surface area (Å²) in [5.74, 6) is -2.76. The minimum absolute atomic E-state index is 0.139. The van der Waals surface area contributed by atoms with Gasteiger partial charge in [0.1, 0.15) is 6.29 Å². The molecule has 7 heteroatoms. The molecular formula is C4H6F3NO3. The van der Waals surface area contributed by atoms with Crippen molar-refractivity contribution in [3.63, 3.8) is 0 Å². The molecule has 0 rings (SSSR count). The van der Waals surface area contributed by atoms with E-state index in [1.807, 2.05) is 0 Å². The molecule has 0 bridgehead atoms. The van der Waals surface area contributed by atoms with E-state index >= 15 is 0 Å². The second-order valence-electron chi connectivity index (χ2n) is 1.21. The fourth-order valence-electron chi connectivity index (χ4n) is 0. The molecule has 0 aliphatic heterocycles. The van der Waals surface area contributed by atoms with Crippen molar-refractivity contribution in [2.24, 2.45) is 5.73 Å². The molecule has 0 atom stereocenters. The molecule has 3 N–H and O–H groups in total. The lowest BCUT2D eigenvalue weighted by Gasteiger charge is -1.93. The Morgan fingerprint density at radius 3 is 1.73 bits per heavy atom. The molecule has 0 amide bonds. The number of alkyl halides is 3. The van der Waals surface area contributed by atoms with Gasteiger partial charge in [0.15, 0.2) is 0 Å². The van der Waals surface area contributed by atoms with Crippen molar-refractivity contribution < 1.29 is 27.9 Å². The first-order valence-electron chi connectivity index (χ1n) is 2.30. The monoisotopic (exact) mass is 173 g/mol. The Hall–Kier alpha value is -1.11. The lowest BCUT2D eigenvalue weighted by atomic mass is 10.7. The van der Waals surface area contributed by atoms with E-state index in [0.717, 1.165) is 0 Å². The number of carbonyl (C=O) groups excluding carboxylic acids is 1. The van der Waals surface area contributed by atoms with Gasteiger partial charge in [-0.05, 0) is 0 Å². The van der Waals surface area contributed by atoms with Gasteiger partial charge in [0, 0.05) is 6.54 Å². The van der Waals surface area contributed by atoms with Crippen molar-refractivity contribution in [3.8, 4) is 0 Å². The third-order valence-corrected chi connectivity index (χ3v) is 0.339. The summed E-state index contributed by atoms with van der Waals surface area (Å²) >= 11 is 0. The van der Waals surface area contributed by atoms with Gasteiger partial charge in [-0.3, -0.25) is 0 Å². The number of rotatable bonds is 1. The lowest BCUT2D eigenvalue weighted by Crippen LogP contribution is -2.21. The molecule has 0 aliphatic rings. The van der Waals surface area contributed by atoms with E-state index in [9.17, 15) is 13.2 Å². The number of carboxylic acids is 1. The van der Waals surface area contributed by atoms with Gasteiger partial charge in [0.25, 0.3) is 0 Å². The zero-order chi connectivity index (χ0) is 9.49. The molecule has 0 aromatic rings. The lowest BCUT2D eigenvalue weighted by molar-refractivity contribution is -0.192. The van der Waals surface area contributed by atoms with Crippen LogP contribution in [0.4, 0.5) is 13.2 Å². The molecule has 0 heterocycles. The highest BCUT2D eigenvalue weighted by Crippen LogP contribution is 2.13. The van der Waals surface area contributed by atoms with Gasteiger partial charge < -0.3 is 15.6 Å². The molecular weight excluding hydrogens is 167 g/mol. The van der Waals surface area contributed by atoms with Crippen LogP contribution < -0.4 is 5.73 Å². The Bertz CT molecular complexity index is 133. The molecule has 0 unspecified atom stereocenters. The van der Waals surface area contributed by atoms with E-state index in [0.29, 0.717) is 6.29 Å². The molecule has 0 aromatic heterocycles. The quantitative estimate of drug-likeness (QED) is 0.537. The molecule has 0 radical (unpaired) electrons. The summed E-state index contributed by atoms with van der Waals surface area (Å²) in [5, 5.41) is 7.12. The second kappa shape index (κ2) is 5.66. The van der Waals surface area contributed by atoms with Crippen LogP contribution in [-0.4, -0.2) is 30.1 Å². The van der Waals surface area contributed by atoms with Gasteiger partial charge >= 0.3 is 12.1 Å². The average Bonchev–Trinajstić information content (AvgIpc) is 1.87. The van der Waals surface area contributed by atoms with Gasteiger partial charge in [0.2, 0.25) is 0 Å². The maximum Gasteiger partial charge on any atom is 0.490 e. The molecule has 0 aromatic carbocycles. The van der Waals surface area contributed by atoms with Crippen LogP contribution >= 0.6 is 0 Å². The Labute approximate surface area is 59.8 Å². The summed E-state index contributed by atoms with van der Waals surface area (Å²) in [6.45, 7) is 0.139. The highest BCUT2D eigenvalue weighted by Gasteiger charge is 2.38. The Balaban J connectivity index is 0. The Kier molecular flexibility index (Phi) is 6.46. The molecule has 11 heavy (non-hydrogen) atoms. The van der Waals surface area contributed by atoms with E-state index in [1.54, 1.807) is 0 Å². The summed E-state index contributed by atoms with van der Waals surface area (Å²) in [4.78, 5) is 17.9. The van der Waals surface area contributed by atoms with E-state index < -0.39 is 12.1 Å². The highest BCUT2D eigenvalue weighted by atomic mass is 19.4. The topological polar surface area (TPSA) is 80.4 Å². The summed E-state index contributed by atoms with van der Waals surface area (Å²) < 4.78 is 31.7. The van der Waals surface area contributed by atoms with Gasteiger partial charge in [-0.25, -0.2) is 4.79 Å². The van der Waals surface area contributed by atoms with Crippen LogP contribution in [0.15, 0.2) is 0 Å². The summed E-state index contributed by atoms with van der Waals surface area (Å²) in [5.41, 5.74) is 4.66. The smallest absolute Gasteiger partial charge is 0.475 e. The van der Waals surface area contributed by atoms with Crippen LogP contribution in [-0.2, 0) is 9.59 Å². The molecule has 0 fully saturated rings. The summed E-state index contributed by atoms with van der Waals surface area (Å²) in [6, 6.07) is 0. The normalized spacial score (nSPS) is 9.45. The number of nitrogens with two attached hydrogens (primary N) is 1. The summed E-state index contributed by atoms with van der Waals surface area (Å²) in [6.07, 6.45) is -4.43. The predicted molar refractivity (Wildman–Crippen MR) is 28.8 cm³/mol. The predicted octanol–water partition coefficient (Wildman–Crippen LogP) is -0.223. The van der Waals surface area contributed by atoms with Gasteiger partial charge in [0.05, 0.1) is 0 Å². The number of carboxylic acid groups (broad SMARTS) is 1. The van der Waals surface area contributed by atoms with E-state index in [-0.39, 0.29) is 6.54 Å². The number of carbonyl (C=O) groups is 2. The van der Waals surface area contributed by atoms with Crippen molar-refractivity contribution >= 4 is 12.3 Å². The largest absolute Gasteiger partial charge is 0.490 e. The number of aliphatic carboxylic acids is 1. The highest BCUT2D eigenvalue weighted by molar-refractivity contribution is 5.73. The van der Waals surface area contributed by atoms with Crippen molar-refractivity contribution in [3.05, 3.63) is 0 Å². The third-order valence-electron chi connectivity index (χ3n) is 0.339. The van der Waals surface area contributed by atoms with Crippen molar-refractivity contribution in [2.45, 2.75) is 6.18 Å². The van der Waals surface area contributed by atoms with Crippen LogP contribution in [0.1, 0.15) is 0 Å². The van der Waals surface area contributed by atoms with Crippen molar-refractivity contribution in [1.82, 2.24) is 0 Å². The zero-order valence-corrected chi connectivity index (χ0v) is 5.26. The van der Waals surface area contributed by atoms with Crippen LogP contribution in [0.5, 0.6) is 0 Å². The number of aldehydes is 1. The van der Waals surface area contributed by atoms with Crippen LogP contribution in [0.2, 0.25) is 0 Å². The second-order valence-corrected chi connectivity index (χ2v) is 1.21. The third kappa shape index (κ3) is 12.2. The van der Waals surface area contributed by atoms with E-state index in [2.05, 4.69) is 5.73 Å². The molecule has 0 aliphatic carbocycles. The van der Waals surface area contributed by atoms with Gasteiger partial charge in [-0.1, -0.05) is 0 Å². The molecule has 0 spiro atoms. The van der Waals surface area contributed by atoms with Crippen molar-refractivity contribution in [1.29, 1.82) is 0 Å². The Morgan fingerprint density at radius 2 is 1.73 bits per heavy atom. The standard InChI is InChI=1S/C2HF3O2.C2H5NO/c3-2(4,5)1(6)7;3-1-2-4/h(H,6,7);2H,1,3H2. The number of halogens is 3. The Morgan fingerprint density at radius 1 is 1.55 bits per heavy atom. The maximum atomic E-state index is 10.6. The van der Waals surface area contributed by atoms with Crippen LogP contribution in [0, 0.1) is 0 Å². The molecule has 66 valence electrons. The average molecular weight is 173 g/mol. The number of hydrogen-bond donors (Lipinski definition) is 2. The minimum atomic E-state index is -5.08. The first kappa shape index (κ1) is 12.6. The number of hydrogen-bond acceptors (Lipinski definition) is 3. The molecule has 4 nitrogen and oxygen atoms in total. The van der Waals surface area contributed by atoms with Gasteiger partial charge in [-0.2, -0.15) is 13.2 Å². The van der Waals surface area contributed by atoms with E-state index in [1.165, 1.54) is 0 Å².